The van der Waals surface area contributed by atoms with Gasteiger partial charge in [0, 0.05) is 5.69 Å². The fraction of sp³-hybridized carbons (Fsp3) is 0.429. The smallest absolute Gasteiger partial charge is 0.408 e. The van der Waals surface area contributed by atoms with Crippen LogP contribution in [0.1, 0.15) is 32.0 Å². The Labute approximate surface area is 118 Å². The maximum Gasteiger partial charge on any atom is 0.408 e. The van der Waals surface area contributed by atoms with Gasteiger partial charge in [0.25, 0.3) is 0 Å². The van der Waals surface area contributed by atoms with Crippen LogP contribution in [-0.4, -0.2) is 23.2 Å². The van der Waals surface area contributed by atoms with Crippen molar-refractivity contribution in [3.63, 3.8) is 0 Å². The Bertz CT molecular complexity index is 524. The zero-order valence-corrected chi connectivity index (χ0v) is 12.3. The molecular formula is C14H17ClN2O2. The Morgan fingerprint density at radius 2 is 2.16 bits per heavy atom. The SMILES string of the molecule is Cc1ccc(C#CCNC(=O)OC(C)(C)C)c(Cl)n1. The lowest BCUT2D eigenvalue weighted by Gasteiger charge is -2.18. The van der Waals surface area contributed by atoms with E-state index < -0.39 is 11.7 Å². The van der Waals surface area contributed by atoms with Crippen LogP contribution in [0, 0.1) is 18.8 Å². The summed E-state index contributed by atoms with van der Waals surface area (Å²) in [5, 5.41) is 2.91. The van der Waals surface area contributed by atoms with Gasteiger partial charge in [-0.15, -0.1) is 0 Å². The van der Waals surface area contributed by atoms with E-state index in [4.69, 9.17) is 16.3 Å². The van der Waals surface area contributed by atoms with Gasteiger partial charge in [0.1, 0.15) is 10.8 Å². The number of carbonyl (C=O) groups is 1. The van der Waals surface area contributed by atoms with E-state index in [1.165, 1.54) is 0 Å². The summed E-state index contributed by atoms with van der Waals surface area (Å²) in [7, 11) is 0. The van der Waals surface area contributed by atoms with Gasteiger partial charge in [-0.1, -0.05) is 23.4 Å². The fourth-order valence-electron chi connectivity index (χ4n) is 1.19. The van der Waals surface area contributed by atoms with Crippen LogP contribution in [-0.2, 0) is 4.74 Å². The Hall–Kier alpha value is -1.73. The van der Waals surface area contributed by atoms with Crippen LogP contribution in [0.2, 0.25) is 5.15 Å². The quantitative estimate of drug-likeness (QED) is 0.636. The number of carbonyl (C=O) groups excluding carboxylic acids is 1. The van der Waals surface area contributed by atoms with E-state index >= 15 is 0 Å². The number of rotatable bonds is 1. The molecule has 0 spiro atoms. The van der Waals surface area contributed by atoms with Gasteiger partial charge in [-0.25, -0.2) is 9.78 Å². The molecule has 0 aliphatic heterocycles. The van der Waals surface area contributed by atoms with Gasteiger partial charge in [-0.05, 0) is 39.8 Å². The van der Waals surface area contributed by atoms with E-state index in [-0.39, 0.29) is 6.54 Å². The topological polar surface area (TPSA) is 51.2 Å². The second-order valence-electron chi connectivity index (χ2n) is 4.95. The highest BCUT2D eigenvalue weighted by atomic mass is 35.5. The molecule has 0 radical (unpaired) electrons. The summed E-state index contributed by atoms with van der Waals surface area (Å²) in [5.41, 5.74) is 0.961. The molecule has 1 aromatic heterocycles. The summed E-state index contributed by atoms with van der Waals surface area (Å²) in [5.74, 6) is 5.64. The van der Waals surface area contributed by atoms with Crippen molar-refractivity contribution < 1.29 is 9.53 Å². The standard InChI is InChI=1S/C14H17ClN2O2/c1-10-7-8-11(12(15)17-10)6-5-9-16-13(18)19-14(2,3)4/h7-8H,9H2,1-4H3,(H,16,18). The molecule has 0 aliphatic carbocycles. The molecule has 0 aliphatic rings. The van der Waals surface area contributed by atoms with Gasteiger partial charge >= 0.3 is 6.09 Å². The number of nitrogens with zero attached hydrogens (tertiary/aromatic N) is 1. The molecule has 1 rings (SSSR count). The molecule has 1 amide bonds. The van der Waals surface area contributed by atoms with E-state index in [9.17, 15) is 4.79 Å². The summed E-state index contributed by atoms with van der Waals surface area (Å²) in [6.45, 7) is 7.45. The Balaban J connectivity index is 2.50. The average molecular weight is 281 g/mol. The third-order valence-electron chi connectivity index (χ3n) is 1.93. The van der Waals surface area contributed by atoms with Crippen molar-refractivity contribution in [1.29, 1.82) is 0 Å². The number of amides is 1. The van der Waals surface area contributed by atoms with Gasteiger partial charge in [0.2, 0.25) is 0 Å². The van der Waals surface area contributed by atoms with Crippen molar-refractivity contribution >= 4 is 17.7 Å². The third-order valence-corrected chi connectivity index (χ3v) is 2.22. The lowest BCUT2D eigenvalue weighted by Crippen LogP contribution is -2.32. The van der Waals surface area contributed by atoms with E-state index in [0.717, 1.165) is 5.69 Å². The average Bonchev–Trinajstić information content (AvgIpc) is 2.24. The number of aryl methyl sites for hydroxylation is 1. The zero-order chi connectivity index (χ0) is 14.5. The molecule has 0 saturated carbocycles. The Kier molecular flexibility index (Phi) is 5.20. The summed E-state index contributed by atoms with van der Waals surface area (Å²) in [6.07, 6.45) is -0.491. The maximum absolute atomic E-state index is 11.3. The molecule has 0 atom stereocenters. The molecule has 1 heterocycles. The zero-order valence-electron chi connectivity index (χ0n) is 11.5. The lowest BCUT2D eigenvalue weighted by atomic mass is 10.2. The number of hydrogen-bond acceptors (Lipinski definition) is 3. The summed E-state index contributed by atoms with van der Waals surface area (Å²) in [4.78, 5) is 15.4. The summed E-state index contributed by atoms with van der Waals surface area (Å²) in [6, 6.07) is 3.63. The normalized spacial score (nSPS) is 10.4. The highest BCUT2D eigenvalue weighted by Crippen LogP contribution is 2.11. The van der Waals surface area contributed by atoms with Crippen molar-refractivity contribution in [2.75, 3.05) is 6.54 Å². The highest BCUT2D eigenvalue weighted by Gasteiger charge is 2.14. The molecule has 0 saturated heterocycles. The molecule has 4 nitrogen and oxygen atoms in total. The summed E-state index contributed by atoms with van der Waals surface area (Å²) < 4.78 is 5.07. The van der Waals surface area contributed by atoms with Gasteiger partial charge in [-0.3, -0.25) is 0 Å². The van der Waals surface area contributed by atoms with Crippen molar-refractivity contribution in [2.24, 2.45) is 0 Å². The third kappa shape index (κ3) is 6.12. The van der Waals surface area contributed by atoms with Crippen molar-refractivity contribution in [1.82, 2.24) is 10.3 Å². The van der Waals surface area contributed by atoms with Crippen molar-refractivity contribution in [3.05, 3.63) is 28.5 Å². The van der Waals surface area contributed by atoms with Gasteiger partial charge in [0.05, 0.1) is 12.1 Å². The Morgan fingerprint density at radius 3 is 2.74 bits per heavy atom. The molecule has 1 N–H and O–H groups in total. The number of ether oxygens (including phenoxy) is 1. The molecule has 0 unspecified atom stereocenters. The molecular weight excluding hydrogens is 264 g/mol. The maximum atomic E-state index is 11.3. The van der Waals surface area contributed by atoms with Gasteiger partial charge < -0.3 is 10.1 Å². The van der Waals surface area contributed by atoms with Crippen LogP contribution in [0.3, 0.4) is 0 Å². The molecule has 0 fully saturated rings. The van der Waals surface area contributed by atoms with E-state index in [0.29, 0.717) is 10.7 Å². The van der Waals surface area contributed by atoms with Crippen LogP contribution in [0.4, 0.5) is 4.79 Å². The van der Waals surface area contributed by atoms with Gasteiger partial charge in [0.15, 0.2) is 0 Å². The summed E-state index contributed by atoms with van der Waals surface area (Å²) >= 11 is 5.93. The Morgan fingerprint density at radius 1 is 1.47 bits per heavy atom. The predicted octanol–water partition coefficient (Wildman–Crippen LogP) is 2.92. The monoisotopic (exact) mass is 280 g/mol. The second-order valence-corrected chi connectivity index (χ2v) is 5.31. The van der Waals surface area contributed by atoms with E-state index in [2.05, 4.69) is 22.1 Å². The van der Waals surface area contributed by atoms with Crippen molar-refractivity contribution in [2.45, 2.75) is 33.3 Å². The molecule has 1 aromatic rings. The minimum Gasteiger partial charge on any atom is -0.444 e. The molecule has 0 aromatic carbocycles. The fourth-order valence-corrected chi connectivity index (χ4v) is 1.43. The van der Waals surface area contributed by atoms with Gasteiger partial charge in [-0.2, -0.15) is 0 Å². The van der Waals surface area contributed by atoms with E-state index in [1.54, 1.807) is 26.8 Å². The first kappa shape index (κ1) is 15.3. The number of aromatic nitrogens is 1. The van der Waals surface area contributed by atoms with Crippen LogP contribution in [0.15, 0.2) is 12.1 Å². The van der Waals surface area contributed by atoms with Crippen LogP contribution >= 0.6 is 11.6 Å². The first-order valence-corrected chi connectivity index (χ1v) is 6.24. The second kappa shape index (κ2) is 6.44. The first-order chi connectivity index (χ1) is 8.78. The molecule has 102 valence electrons. The number of nitrogens with one attached hydrogen (secondary N) is 1. The molecule has 19 heavy (non-hydrogen) atoms. The number of hydrogen-bond donors (Lipinski definition) is 1. The first-order valence-electron chi connectivity index (χ1n) is 5.87. The minimum absolute atomic E-state index is 0.194. The molecule has 0 bridgehead atoms. The predicted molar refractivity (Wildman–Crippen MR) is 75.1 cm³/mol. The highest BCUT2D eigenvalue weighted by molar-refractivity contribution is 6.30. The molecule has 5 heteroatoms. The van der Waals surface area contributed by atoms with Crippen LogP contribution in [0.5, 0.6) is 0 Å². The number of pyridine rings is 1. The van der Waals surface area contributed by atoms with E-state index in [1.807, 2.05) is 13.0 Å². The van der Waals surface area contributed by atoms with Crippen molar-refractivity contribution in [3.8, 4) is 11.8 Å². The van der Waals surface area contributed by atoms with Crippen LogP contribution in [0.25, 0.3) is 0 Å². The number of alkyl carbamates (subject to hydrolysis) is 1. The minimum atomic E-state index is -0.512. The lowest BCUT2D eigenvalue weighted by molar-refractivity contribution is 0.0535. The largest absolute Gasteiger partial charge is 0.444 e. The van der Waals surface area contributed by atoms with Crippen LogP contribution < -0.4 is 5.32 Å². The number of halogens is 1.